The number of rotatable bonds is 4. The molecule has 1 unspecified atom stereocenters. The first-order valence-corrected chi connectivity index (χ1v) is 8.36. The highest BCUT2D eigenvalue weighted by Crippen LogP contribution is 2.25. The molecular formula is C13H18N2O4S. The van der Waals surface area contributed by atoms with E-state index in [1.807, 2.05) is 0 Å². The molecule has 0 saturated heterocycles. The van der Waals surface area contributed by atoms with Crippen molar-refractivity contribution in [2.45, 2.75) is 6.04 Å². The number of hydrogen-bond acceptors (Lipinski definition) is 5. The number of ether oxygens (including phenoxy) is 1. The van der Waals surface area contributed by atoms with Crippen LogP contribution in [-0.2, 0) is 9.84 Å². The van der Waals surface area contributed by atoms with Crippen molar-refractivity contribution in [3.05, 3.63) is 29.3 Å². The molecule has 1 aromatic rings. The third-order valence-electron chi connectivity index (χ3n) is 3.11. The number of nitrogens with one attached hydrogen (secondary N) is 2. The van der Waals surface area contributed by atoms with Crippen LogP contribution in [-0.4, -0.2) is 46.5 Å². The molecule has 0 aromatic heterocycles. The maximum absolute atomic E-state index is 11.9. The lowest BCUT2D eigenvalue weighted by molar-refractivity contribution is 0.0957. The van der Waals surface area contributed by atoms with Crippen molar-refractivity contribution in [1.29, 1.82) is 0 Å². The molecule has 0 saturated carbocycles. The quantitative estimate of drug-likeness (QED) is 0.824. The van der Waals surface area contributed by atoms with Crippen LogP contribution < -0.4 is 15.4 Å². The van der Waals surface area contributed by atoms with E-state index >= 15 is 0 Å². The zero-order valence-corrected chi connectivity index (χ0v) is 12.3. The molecule has 1 amide bonds. The van der Waals surface area contributed by atoms with Crippen LogP contribution in [0.15, 0.2) is 18.2 Å². The van der Waals surface area contributed by atoms with Crippen molar-refractivity contribution in [1.82, 2.24) is 10.6 Å². The topological polar surface area (TPSA) is 84.5 Å². The summed E-state index contributed by atoms with van der Waals surface area (Å²) in [5, 5.41) is 5.69. The van der Waals surface area contributed by atoms with E-state index in [4.69, 9.17) is 4.74 Å². The van der Waals surface area contributed by atoms with E-state index in [9.17, 15) is 13.2 Å². The maximum Gasteiger partial charge on any atom is 0.255 e. The van der Waals surface area contributed by atoms with Gasteiger partial charge in [0.25, 0.3) is 5.91 Å². The molecule has 1 aliphatic rings. The van der Waals surface area contributed by atoms with Gasteiger partial charge in [0.1, 0.15) is 22.2 Å². The lowest BCUT2D eigenvalue weighted by Gasteiger charge is -2.17. The van der Waals surface area contributed by atoms with E-state index in [1.54, 1.807) is 25.2 Å². The van der Waals surface area contributed by atoms with Gasteiger partial charge in [0.2, 0.25) is 0 Å². The molecule has 1 atom stereocenters. The van der Waals surface area contributed by atoms with Crippen molar-refractivity contribution in [3.63, 3.8) is 0 Å². The summed E-state index contributed by atoms with van der Waals surface area (Å²) < 4.78 is 28.3. The van der Waals surface area contributed by atoms with Crippen LogP contribution in [0.4, 0.5) is 0 Å². The van der Waals surface area contributed by atoms with E-state index in [0.29, 0.717) is 24.5 Å². The summed E-state index contributed by atoms with van der Waals surface area (Å²) in [5.41, 5.74) is 1.19. The number of fused-ring (bicyclic) bond motifs is 1. The van der Waals surface area contributed by atoms with Gasteiger partial charge < -0.3 is 15.4 Å². The molecule has 110 valence electrons. The van der Waals surface area contributed by atoms with Crippen LogP contribution in [0.2, 0.25) is 0 Å². The van der Waals surface area contributed by atoms with E-state index in [-0.39, 0.29) is 17.7 Å². The number of carbonyl (C=O) groups excluding carboxylic acids is 1. The number of benzene rings is 1. The average molecular weight is 298 g/mol. The fourth-order valence-corrected chi connectivity index (χ4v) is 3.10. The monoisotopic (exact) mass is 298 g/mol. The van der Waals surface area contributed by atoms with Crippen molar-refractivity contribution in [2.24, 2.45) is 0 Å². The Kier molecular flexibility index (Phi) is 4.29. The van der Waals surface area contributed by atoms with Crippen molar-refractivity contribution in [3.8, 4) is 5.75 Å². The molecule has 1 aromatic carbocycles. The molecule has 1 heterocycles. The highest BCUT2D eigenvalue weighted by Gasteiger charge is 2.21. The molecule has 0 aliphatic carbocycles. The van der Waals surface area contributed by atoms with E-state index < -0.39 is 9.84 Å². The second kappa shape index (κ2) is 5.80. The summed E-state index contributed by atoms with van der Waals surface area (Å²) >= 11 is 0. The van der Waals surface area contributed by atoms with Gasteiger partial charge in [-0.15, -0.1) is 0 Å². The van der Waals surface area contributed by atoms with Crippen LogP contribution >= 0.6 is 0 Å². The lowest BCUT2D eigenvalue weighted by Crippen LogP contribution is -2.26. The summed E-state index contributed by atoms with van der Waals surface area (Å²) in [5.74, 6) is 0.302. The SMILES string of the molecule is CNC(CS(C)(=O)=O)c1ccc2c(c1)C(=O)NCCO2. The van der Waals surface area contributed by atoms with Gasteiger partial charge in [-0.2, -0.15) is 0 Å². The Labute approximate surface area is 118 Å². The number of sulfone groups is 1. The second-order valence-corrected chi connectivity index (χ2v) is 6.98. The van der Waals surface area contributed by atoms with Gasteiger partial charge in [-0.25, -0.2) is 8.42 Å². The minimum absolute atomic E-state index is 0.0231. The summed E-state index contributed by atoms with van der Waals surface area (Å²) in [6, 6.07) is 4.82. The van der Waals surface area contributed by atoms with E-state index in [0.717, 1.165) is 5.56 Å². The third-order valence-corrected chi connectivity index (χ3v) is 4.05. The van der Waals surface area contributed by atoms with E-state index in [1.165, 1.54) is 6.26 Å². The Bertz CT molecular complexity index is 613. The minimum atomic E-state index is -3.12. The van der Waals surface area contributed by atoms with Gasteiger partial charge in [-0.1, -0.05) is 6.07 Å². The van der Waals surface area contributed by atoms with E-state index in [2.05, 4.69) is 10.6 Å². The Morgan fingerprint density at radius 1 is 1.45 bits per heavy atom. The lowest BCUT2D eigenvalue weighted by atomic mass is 10.0. The van der Waals surface area contributed by atoms with Crippen molar-refractivity contribution in [2.75, 3.05) is 32.2 Å². The van der Waals surface area contributed by atoms with Gasteiger partial charge in [0.05, 0.1) is 17.9 Å². The molecular weight excluding hydrogens is 280 g/mol. The molecule has 1 aliphatic heterocycles. The van der Waals surface area contributed by atoms with Crippen LogP contribution in [0.1, 0.15) is 22.0 Å². The summed E-state index contributed by atoms with van der Waals surface area (Å²) in [6.45, 7) is 0.887. The summed E-state index contributed by atoms with van der Waals surface area (Å²) in [6.07, 6.45) is 1.19. The number of carbonyl (C=O) groups is 1. The molecule has 0 bridgehead atoms. The standard InChI is InChI=1S/C13H18N2O4S/c1-14-11(8-20(2,17)18)9-3-4-12-10(7-9)13(16)15-5-6-19-12/h3-4,7,11,14H,5-6,8H2,1-2H3,(H,15,16). The fraction of sp³-hybridized carbons (Fsp3) is 0.462. The molecule has 0 spiro atoms. The Morgan fingerprint density at radius 2 is 2.20 bits per heavy atom. The minimum Gasteiger partial charge on any atom is -0.491 e. The molecule has 2 rings (SSSR count). The van der Waals surface area contributed by atoms with Gasteiger partial charge >= 0.3 is 0 Å². The Morgan fingerprint density at radius 3 is 2.85 bits per heavy atom. The first-order valence-electron chi connectivity index (χ1n) is 6.30. The summed E-state index contributed by atoms with van der Waals surface area (Å²) in [4.78, 5) is 11.9. The highest BCUT2D eigenvalue weighted by atomic mass is 32.2. The largest absolute Gasteiger partial charge is 0.491 e. The number of hydrogen-bond donors (Lipinski definition) is 2. The average Bonchev–Trinajstić information content (AvgIpc) is 2.57. The van der Waals surface area contributed by atoms with Gasteiger partial charge in [0, 0.05) is 12.3 Å². The Balaban J connectivity index is 2.36. The van der Waals surface area contributed by atoms with Crippen molar-refractivity contribution >= 4 is 15.7 Å². The molecule has 2 N–H and O–H groups in total. The van der Waals surface area contributed by atoms with Crippen LogP contribution in [0.25, 0.3) is 0 Å². The molecule has 6 nitrogen and oxygen atoms in total. The molecule has 7 heteroatoms. The van der Waals surface area contributed by atoms with Crippen LogP contribution in [0, 0.1) is 0 Å². The highest BCUT2D eigenvalue weighted by molar-refractivity contribution is 7.90. The molecule has 0 radical (unpaired) electrons. The zero-order valence-electron chi connectivity index (χ0n) is 11.5. The first kappa shape index (κ1) is 14.8. The molecule has 20 heavy (non-hydrogen) atoms. The van der Waals surface area contributed by atoms with Crippen LogP contribution in [0.5, 0.6) is 5.75 Å². The van der Waals surface area contributed by atoms with Crippen molar-refractivity contribution < 1.29 is 17.9 Å². The summed E-state index contributed by atoms with van der Waals surface area (Å²) in [7, 11) is -1.43. The normalized spacial score (nSPS) is 16.6. The first-order chi connectivity index (χ1) is 9.40. The smallest absolute Gasteiger partial charge is 0.255 e. The predicted molar refractivity (Wildman–Crippen MR) is 75.8 cm³/mol. The number of amides is 1. The third kappa shape index (κ3) is 3.49. The maximum atomic E-state index is 11.9. The Hall–Kier alpha value is -1.60. The molecule has 0 fully saturated rings. The van der Waals surface area contributed by atoms with Gasteiger partial charge in [-0.05, 0) is 24.7 Å². The van der Waals surface area contributed by atoms with Gasteiger partial charge in [0.15, 0.2) is 0 Å². The zero-order chi connectivity index (χ0) is 14.8. The van der Waals surface area contributed by atoms with Gasteiger partial charge in [-0.3, -0.25) is 4.79 Å². The second-order valence-electron chi connectivity index (χ2n) is 4.79. The predicted octanol–water partition coefficient (Wildman–Crippen LogP) is 0.114. The fourth-order valence-electron chi connectivity index (χ4n) is 2.14. The van der Waals surface area contributed by atoms with Crippen LogP contribution in [0.3, 0.4) is 0 Å².